The lowest BCUT2D eigenvalue weighted by molar-refractivity contribution is -0.139. The summed E-state index contributed by atoms with van der Waals surface area (Å²) < 4.78 is 33.3. The van der Waals surface area contributed by atoms with Crippen LogP contribution in [0.1, 0.15) is 15.9 Å². The van der Waals surface area contributed by atoms with E-state index in [1.54, 1.807) is 18.2 Å². The summed E-state index contributed by atoms with van der Waals surface area (Å²) in [6.45, 7) is -3.34. The third kappa shape index (κ3) is 6.06. The number of rotatable bonds is 8. The van der Waals surface area contributed by atoms with Crippen LogP contribution in [-0.4, -0.2) is 30.1 Å². The number of hydrogen-bond donors (Lipinski definition) is 1. The largest absolute Gasteiger partial charge is 0.482 e. The van der Waals surface area contributed by atoms with Gasteiger partial charge in [-0.1, -0.05) is 18.2 Å². The molecule has 0 aliphatic heterocycles. The van der Waals surface area contributed by atoms with Crippen LogP contribution >= 0.6 is 0 Å². The fourth-order valence-corrected chi connectivity index (χ4v) is 1.89. The normalized spacial score (nSPS) is 10.8. The summed E-state index contributed by atoms with van der Waals surface area (Å²) in [6.07, 6.45) is 2.89. The second kappa shape index (κ2) is 8.58. The molecule has 2 rings (SSSR count). The van der Waals surface area contributed by atoms with Crippen molar-refractivity contribution in [2.24, 2.45) is 0 Å². The number of carboxylic acid groups (broad SMARTS) is 1. The Morgan fingerprint density at radius 2 is 1.60 bits per heavy atom. The third-order valence-electron chi connectivity index (χ3n) is 3.03. The third-order valence-corrected chi connectivity index (χ3v) is 3.03. The molecule has 0 heterocycles. The van der Waals surface area contributed by atoms with Crippen molar-refractivity contribution in [2.75, 3.05) is 6.61 Å². The summed E-state index contributed by atoms with van der Waals surface area (Å²) in [7, 11) is 0. The standard InChI is InChI=1S/C18H14F2O5/c19-18(20)25-15-6-1-12(2-7-15)3-10-16(21)13-4-8-14(9-5-13)24-11-17(22)23/h1-10,18H,11H2,(H,22,23)/b10-3+. The van der Waals surface area contributed by atoms with Gasteiger partial charge in [0, 0.05) is 5.56 Å². The van der Waals surface area contributed by atoms with E-state index < -0.39 is 19.2 Å². The Morgan fingerprint density at radius 3 is 2.16 bits per heavy atom. The average molecular weight is 348 g/mol. The Labute approximate surface area is 142 Å². The summed E-state index contributed by atoms with van der Waals surface area (Å²) in [6, 6.07) is 11.9. The lowest BCUT2D eigenvalue weighted by atomic mass is 10.1. The summed E-state index contributed by atoms with van der Waals surface area (Å²) in [5, 5.41) is 8.52. The predicted octanol–water partition coefficient (Wildman–Crippen LogP) is 3.65. The maximum atomic E-state index is 12.1. The topological polar surface area (TPSA) is 72.8 Å². The quantitative estimate of drug-likeness (QED) is 0.582. The van der Waals surface area contributed by atoms with Crippen LogP contribution in [-0.2, 0) is 4.79 Å². The molecular weight excluding hydrogens is 334 g/mol. The van der Waals surface area contributed by atoms with E-state index in [9.17, 15) is 18.4 Å². The van der Waals surface area contributed by atoms with Gasteiger partial charge in [0.2, 0.25) is 0 Å². The minimum absolute atomic E-state index is 0.0374. The number of aliphatic carboxylic acids is 1. The zero-order valence-electron chi connectivity index (χ0n) is 12.9. The highest BCUT2D eigenvalue weighted by molar-refractivity contribution is 6.06. The van der Waals surface area contributed by atoms with Crippen molar-refractivity contribution in [3.05, 3.63) is 65.7 Å². The van der Waals surface area contributed by atoms with Crippen molar-refractivity contribution in [3.63, 3.8) is 0 Å². The number of hydrogen-bond acceptors (Lipinski definition) is 4. The molecule has 130 valence electrons. The number of ether oxygens (including phenoxy) is 2. The van der Waals surface area contributed by atoms with Gasteiger partial charge < -0.3 is 14.6 Å². The number of ketones is 1. The van der Waals surface area contributed by atoms with E-state index in [0.29, 0.717) is 16.9 Å². The van der Waals surface area contributed by atoms with Gasteiger partial charge in [-0.25, -0.2) is 4.79 Å². The fourth-order valence-electron chi connectivity index (χ4n) is 1.89. The van der Waals surface area contributed by atoms with E-state index >= 15 is 0 Å². The number of carbonyl (C=O) groups excluding carboxylic acids is 1. The maximum absolute atomic E-state index is 12.1. The summed E-state index contributed by atoms with van der Waals surface area (Å²) in [5.41, 5.74) is 1.05. The minimum atomic E-state index is -2.88. The SMILES string of the molecule is O=C(O)COc1ccc(C(=O)/C=C/c2ccc(OC(F)F)cc2)cc1. The van der Waals surface area contributed by atoms with E-state index in [0.717, 1.165) is 0 Å². The van der Waals surface area contributed by atoms with E-state index in [2.05, 4.69) is 4.74 Å². The average Bonchev–Trinajstić information content (AvgIpc) is 2.59. The lowest BCUT2D eigenvalue weighted by Crippen LogP contribution is -2.09. The molecule has 0 unspecified atom stereocenters. The molecule has 1 N–H and O–H groups in total. The van der Waals surface area contributed by atoms with Crippen molar-refractivity contribution >= 4 is 17.8 Å². The van der Waals surface area contributed by atoms with Crippen LogP contribution in [0.5, 0.6) is 11.5 Å². The molecule has 0 spiro atoms. The summed E-state index contributed by atoms with van der Waals surface area (Å²) >= 11 is 0. The van der Waals surface area contributed by atoms with Crippen LogP contribution in [0, 0.1) is 0 Å². The van der Waals surface area contributed by atoms with Crippen LogP contribution in [0.25, 0.3) is 6.08 Å². The van der Waals surface area contributed by atoms with Gasteiger partial charge in [-0.05, 0) is 48.0 Å². The smallest absolute Gasteiger partial charge is 0.387 e. The number of halogens is 2. The number of carboxylic acids is 1. The molecule has 0 fully saturated rings. The maximum Gasteiger partial charge on any atom is 0.387 e. The predicted molar refractivity (Wildman–Crippen MR) is 86.0 cm³/mol. The Morgan fingerprint density at radius 1 is 1.00 bits per heavy atom. The monoisotopic (exact) mass is 348 g/mol. The Kier molecular flexibility index (Phi) is 6.22. The van der Waals surface area contributed by atoms with E-state index in [1.165, 1.54) is 42.5 Å². The van der Waals surface area contributed by atoms with Crippen LogP contribution in [0.3, 0.4) is 0 Å². The highest BCUT2D eigenvalue weighted by Crippen LogP contribution is 2.17. The Balaban J connectivity index is 1.96. The van der Waals surface area contributed by atoms with Gasteiger partial charge in [-0.15, -0.1) is 0 Å². The first kappa shape index (κ1) is 18.1. The van der Waals surface area contributed by atoms with Crippen LogP contribution in [0.15, 0.2) is 54.6 Å². The molecule has 0 aromatic heterocycles. The van der Waals surface area contributed by atoms with Crippen LogP contribution in [0.2, 0.25) is 0 Å². The van der Waals surface area contributed by atoms with Gasteiger partial charge in [0.25, 0.3) is 0 Å². The van der Waals surface area contributed by atoms with Crippen LogP contribution in [0.4, 0.5) is 8.78 Å². The zero-order valence-corrected chi connectivity index (χ0v) is 12.9. The van der Waals surface area contributed by atoms with Gasteiger partial charge in [-0.2, -0.15) is 8.78 Å². The Hall–Kier alpha value is -3.22. The molecule has 0 aliphatic carbocycles. The fraction of sp³-hybridized carbons (Fsp3) is 0.111. The first-order valence-electron chi connectivity index (χ1n) is 7.16. The molecule has 5 nitrogen and oxygen atoms in total. The molecule has 0 atom stereocenters. The summed E-state index contributed by atoms with van der Waals surface area (Å²) in [4.78, 5) is 22.5. The van der Waals surface area contributed by atoms with Gasteiger partial charge >= 0.3 is 12.6 Å². The van der Waals surface area contributed by atoms with Gasteiger partial charge in [-0.3, -0.25) is 4.79 Å². The number of carbonyl (C=O) groups is 2. The van der Waals surface area contributed by atoms with E-state index in [4.69, 9.17) is 9.84 Å². The van der Waals surface area contributed by atoms with Crippen molar-refractivity contribution in [3.8, 4) is 11.5 Å². The molecule has 7 heteroatoms. The molecule has 0 saturated carbocycles. The second-order valence-electron chi connectivity index (χ2n) is 4.85. The highest BCUT2D eigenvalue weighted by atomic mass is 19.3. The van der Waals surface area contributed by atoms with E-state index in [-0.39, 0.29) is 11.5 Å². The Bertz CT molecular complexity index is 752. The van der Waals surface area contributed by atoms with Crippen molar-refractivity contribution in [2.45, 2.75) is 6.61 Å². The second-order valence-corrected chi connectivity index (χ2v) is 4.85. The first-order chi connectivity index (χ1) is 11.9. The first-order valence-corrected chi connectivity index (χ1v) is 7.16. The molecule has 0 radical (unpaired) electrons. The molecule has 0 bridgehead atoms. The van der Waals surface area contributed by atoms with Crippen LogP contribution < -0.4 is 9.47 Å². The van der Waals surface area contributed by atoms with Gasteiger partial charge in [0.15, 0.2) is 12.4 Å². The molecule has 25 heavy (non-hydrogen) atoms. The van der Waals surface area contributed by atoms with Gasteiger partial charge in [0.05, 0.1) is 0 Å². The lowest BCUT2D eigenvalue weighted by Gasteiger charge is -2.04. The number of allylic oxidation sites excluding steroid dienone is 1. The molecule has 2 aromatic rings. The van der Waals surface area contributed by atoms with Crippen molar-refractivity contribution in [1.82, 2.24) is 0 Å². The molecule has 0 amide bonds. The van der Waals surface area contributed by atoms with Crippen molar-refractivity contribution < 1.29 is 33.0 Å². The molecular formula is C18H14F2O5. The van der Waals surface area contributed by atoms with Crippen molar-refractivity contribution in [1.29, 1.82) is 0 Å². The zero-order chi connectivity index (χ0) is 18.2. The van der Waals surface area contributed by atoms with Gasteiger partial charge in [0.1, 0.15) is 11.5 Å². The minimum Gasteiger partial charge on any atom is -0.482 e. The molecule has 2 aromatic carbocycles. The molecule has 0 saturated heterocycles. The number of alkyl halides is 2. The highest BCUT2D eigenvalue weighted by Gasteiger charge is 2.05. The van der Waals surface area contributed by atoms with E-state index in [1.807, 2.05) is 0 Å². The number of benzene rings is 2. The molecule has 0 aliphatic rings. The summed E-state index contributed by atoms with van der Waals surface area (Å²) in [5.74, 6) is -0.973.